The molecule has 1 heterocycles. The molecule has 128 valence electrons. The lowest BCUT2D eigenvalue weighted by Gasteiger charge is -2.30. The van der Waals surface area contributed by atoms with E-state index in [1.165, 1.54) is 12.1 Å². The van der Waals surface area contributed by atoms with Gasteiger partial charge in [0.2, 0.25) is 0 Å². The molecule has 0 aliphatic rings. The van der Waals surface area contributed by atoms with Crippen molar-refractivity contribution in [3.05, 3.63) is 63.9 Å². The molecule has 0 spiro atoms. The molecule has 1 unspecified atom stereocenters. The zero-order valence-electron chi connectivity index (χ0n) is 13.8. The Kier molecular flexibility index (Phi) is 6.08. The first-order chi connectivity index (χ1) is 11.6. The minimum atomic E-state index is -0.667. The van der Waals surface area contributed by atoms with Crippen LogP contribution >= 0.6 is 0 Å². The lowest BCUT2D eigenvalue weighted by molar-refractivity contribution is -0.402. The van der Waals surface area contributed by atoms with Gasteiger partial charge in [0.1, 0.15) is 4.92 Å². The van der Waals surface area contributed by atoms with E-state index in [4.69, 9.17) is 4.42 Å². The summed E-state index contributed by atoms with van der Waals surface area (Å²) in [6, 6.07) is 12.4. The molecule has 2 aromatic rings. The van der Waals surface area contributed by atoms with Gasteiger partial charge in [-0.1, -0.05) is 44.2 Å². The van der Waals surface area contributed by atoms with Crippen molar-refractivity contribution in [2.75, 3.05) is 19.6 Å². The molecule has 0 fully saturated rings. The predicted octanol–water partition coefficient (Wildman–Crippen LogP) is 3.00. The molecule has 1 aromatic carbocycles. The zero-order valence-corrected chi connectivity index (χ0v) is 13.8. The van der Waals surface area contributed by atoms with Gasteiger partial charge in [-0.2, -0.15) is 0 Å². The van der Waals surface area contributed by atoms with Gasteiger partial charge in [-0.05, 0) is 24.7 Å². The normalized spacial score (nSPS) is 12.1. The second-order valence-corrected chi connectivity index (χ2v) is 5.25. The second kappa shape index (κ2) is 8.26. The SMILES string of the molecule is CCN(CC)C(CNC(=O)c1ccc([N+](=O)[O-])o1)c1ccccc1. The van der Waals surface area contributed by atoms with Gasteiger partial charge < -0.3 is 9.73 Å². The number of nitrogens with one attached hydrogen (secondary N) is 1. The van der Waals surface area contributed by atoms with Gasteiger partial charge >= 0.3 is 5.88 Å². The highest BCUT2D eigenvalue weighted by atomic mass is 16.6. The van der Waals surface area contributed by atoms with Gasteiger partial charge in [0, 0.05) is 6.54 Å². The smallest absolute Gasteiger partial charge is 0.395 e. The van der Waals surface area contributed by atoms with E-state index in [-0.39, 0.29) is 11.8 Å². The van der Waals surface area contributed by atoms with Gasteiger partial charge in [-0.3, -0.25) is 19.8 Å². The molecule has 0 bridgehead atoms. The molecule has 1 atom stereocenters. The average molecular weight is 331 g/mol. The predicted molar refractivity (Wildman–Crippen MR) is 89.8 cm³/mol. The number of carbonyl (C=O) groups excluding carboxylic acids is 1. The van der Waals surface area contributed by atoms with Gasteiger partial charge in [0.05, 0.1) is 12.1 Å². The molecule has 0 saturated carbocycles. The first-order valence-corrected chi connectivity index (χ1v) is 7.88. The molecule has 0 saturated heterocycles. The monoisotopic (exact) mass is 331 g/mol. The number of rotatable bonds is 8. The van der Waals surface area contributed by atoms with E-state index in [9.17, 15) is 14.9 Å². The Balaban J connectivity index is 2.09. The van der Waals surface area contributed by atoms with Crippen molar-refractivity contribution in [2.45, 2.75) is 19.9 Å². The molecule has 1 aromatic heterocycles. The molecule has 0 aliphatic heterocycles. The highest BCUT2D eigenvalue weighted by Gasteiger charge is 2.21. The Morgan fingerprint density at radius 1 is 1.21 bits per heavy atom. The minimum absolute atomic E-state index is 0.0232. The van der Waals surface area contributed by atoms with Gasteiger partial charge in [-0.25, -0.2) is 0 Å². The van der Waals surface area contributed by atoms with Crippen molar-refractivity contribution in [2.24, 2.45) is 0 Å². The highest BCUT2D eigenvalue weighted by Crippen LogP contribution is 2.20. The Labute approximate surface area is 140 Å². The summed E-state index contributed by atoms with van der Waals surface area (Å²) in [5, 5.41) is 13.4. The number of hydrogen-bond acceptors (Lipinski definition) is 5. The van der Waals surface area contributed by atoms with Gasteiger partial charge in [0.15, 0.2) is 5.76 Å². The third-order valence-electron chi connectivity index (χ3n) is 3.89. The number of nitro groups is 1. The maximum atomic E-state index is 12.2. The molecule has 1 N–H and O–H groups in total. The maximum Gasteiger partial charge on any atom is 0.433 e. The van der Waals surface area contributed by atoms with E-state index in [0.717, 1.165) is 18.7 Å². The Bertz CT molecular complexity index is 680. The fraction of sp³-hybridized carbons (Fsp3) is 0.353. The van der Waals surface area contributed by atoms with Crippen LogP contribution < -0.4 is 5.32 Å². The molecule has 1 amide bonds. The van der Waals surface area contributed by atoms with Crippen LogP contribution in [0.1, 0.15) is 36.0 Å². The van der Waals surface area contributed by atoms with E-state index in [1.54, 1.807) is 0 Å². The summed E-state index contributed by atoms with van der Waals surface area (Å²) in [7, 11) is 0. The van der Waals surface area contributed by atoms with Crippen molar-refractivity contribution < 1.29 is 14.1 Å². The third kappa shape index (κ3) is 4.20. The molecule has 24 heavy (non-hydrogen) atoms. The summed E-state index contributed by atoms with van der Waals surface area (Å²) in [6.45, 7) is 6.21. The number of benzene rings is 1. The number of likely N-dealkylation sites (N-methyl/N-ethyl adjacent to an activating group) is 1. The fourth-order valence-electron chi connectivity index (χ4n) is 2.62. The molecular weight excluding hydrogens is 310 g/mol. The summed E-state index contributed by atoms with van der Waals surface area (Å²) >= 11 is 0. The Morgan fingerprint density at radius 2 is 1.88 bits per heavy atom. The summed E-state index contributed by atoms with van der Waals surface area (Å²) < 4.78 is 4.93. The van der Waals surface area contributed by atoms with Crippen LogP contribution in [0.4, 0.5) is 5.88 Å². The quantitative estimate of drug-likeness (QED) is 0.593. The molecule has 2 rings (SSSR count). The van der Waals surface area contributed by atoms with E-state index >= 15 is 0 Å². The van der Waals surface area contributed by atoms with Crippen LogP contribution in [0, 0.1) is 10.1 Å². The first-order valence-electron chi connectivity index (χ1n) is 7.88. The summed E-state index contributed by atoms with van der Waals surface area (Å²) in [5.41, 5.74) is 1.10. The van der Waals surface area contributed by atoms with E-state index in [0.29, 0.717) is 6.54 Å². The molecule has 7 nitrogen and oxygen atoms in total. The Morgan fingerprint density at radius 3 is 2.42 bits per heavy atom. The zero-order chi connectivity index (χ0) is 17.5. The van der Waals surface area contributed by atoms with E-state index in [2.05, 4.69) is 24.1 Å². The van der Waals surface area contributed by atoms with Crippen LogP contribution in [-0.2, 0) is 0 Å². The van der Waals surface area contributed by atoms with Gasteiger partial charge in [-0.15, -0.1) is 0 Å². The number of hydrogen-bond donors (Lipinski definition) is 1. The van der Waals surface area contributed by atoms with Crippen LogP contribution in [0.25, 0.3) is 0 Å². The van der Waals surface area contributed by atoms with Crippen LogP contribution in [0.3, 0.4) is 0 Å². The third-order valence-corrected chi connectivity index (χ3v) is 3.89. The minimum Gasteiger partial charge on any atom is -0.395 e. The summed E-state index contributed by atoms with van der Waals surface area (Å²) in [5.74, 6) is -0.965. The van der Waals surface area contributed by atoms with Crippen LogP contribution in [-0.4, -0.2) is 35.4 Å². The van der Waals surface area contributed by atoms with Crippen molar-refractivity contribution >= 4 is 11.8 Å². The lowest BCUT2D eigenvalue weighted by Crippen LogP contribution is -2.38. The molecule has 0 aliphatic carbocycles. The largest absolute Gasteiger partial charge is 0.433 e. The molecule has 0 radical (unpaired) electrons. The number of amides is 1. The molecular formula is C17H21N3O4. The Hall–Kier alpha value is -2.67. The number of nitrogens with zero attached hydrogens (tertiary/aromatic N) is 2. The van der Waals surface area contributed by atoms with Crippen molar-refractivity contribution in [1.82, 2.24) is 10.2 Å². The van der Waals surface area contributed by atoms with Crippen LogP contribution in [0.5, 0.6) is 0 Å². The standard InChI is InChI=1S/C17H21N3O4/c1-3-19(4-2)14(13-8-6-5-7-9-13)12-18-17(21)15-10-11-16(24-15)20(22)23/h5-11,14H,3-4,12H2,1-2H3,(H,18,21). The van der Waals surface area contributed by atoms with Crippen molar-refractivity contribution in [3.63, 3.8) is 0 Å². The lowest BCUT2D eigenvalue weighted by atomic mass is 10.1. The first kappa shape index (κ1) is 17.7. The van der Waals surface area contributed by atoms with Crippen molar-refractivity contribution in [3.8, 4) is 0 Å². The number of carbonyl (C=O) groups is 1. The maximum absolute atomic E-state index is 12.2. The number of furan rings is 1. The summed E-state index contributed by atoms with van der Waals surface area (Å²) in [6.07, 6.45) is 0. The van der Waals surface area contributed by atoms with Crippen LogP contribution in [0.15, 0.2) is 46.9 Å². The van der Waals surface area contributed by atoms with E-state index < -0.39 is 16.7 Å². The summed E-state index contributed by atoms with van der Waals surface area (Å²) in [4.78, 5) is 24.4. The average Bonchev–Trinajstić information content (AvgIpc) is 3.09. The fourth-order valence-corrected chi connectivity index (χ4v) is 2.62. The highest BCUT2D eigenvalue weighted by molar-refractivity contribution is 5.91. The van der Waals surface area contributed by atoms with E-state index in [1.807, 2.05) is 30.3 Å². The molecule has 7 heteroatoms. The topological polar surface area (TPSA) is 88.6 Å². The van der Waals surface area contributed by atoms with Gasteiger partial charge in [0.25, 0.3) is 5.91 Å². The second-order valence-electron chi connectivity index (χ2n) is 5.25. The van der Waals surface area contributed by atoms with Crippen molar-refractivity contribution in [1.29, 1.82) is 0 Å². The van der Waals surface area contributed by atoms with Crippen LogP contribution in [0.2, 0.25) is 0 Å².